The second-order valence-electron chi connectivity index (χ2n) is 4.00. The smallest absolute Gasteiger partial charge is 0.143 e. The summed E-state index contributed by atoms with van der Waals surface area (Å²) in [5.41, 5.74) is -0.0909. The maximum absolute atomic E-state index is 9.55. The first kappa shape index (κ1) is 10.7. The van der Waals surface area contributed by atoms with E-state index in [2.05, 4.69) is 59.9 Å². The van der Waals surface area contributed by atoms with Crippen molar-refractivity contribution in [2.45, 2.75) is 15.0 Å². The highest BCUT2D eigenvalue weighted by atomic mass is 80.0. The highest BCUT2D eigenvalue weighted by molar-refractivity contribution is 9.39. The molecule has 2 bridgehead atoms. The first-order valence-corrected chi connectivity index (χ1v) is 6.73. The maximum atomic E-state index is 9.55. The molecule has 0 aromatic rings. The van der Waals surface area contributed by atoms with Gasteiger partial charge in [0.2, 0.25) is 0 Å². The first-order valence-electron chi connectivity index (χ1n) is 4.35. The summed E-state index contributed by atoms with van der Waals surface area (Å²) in [5.74, 6) is 1.14. The normalized spacial score (nSPS) is 43.1. The lowest BCUT2D eigenvalue weighted by Gasteiger charge is -2.40. The number of hydrogen-bond acceptors (Lipinski definition) is 1. The standard InChI is InChI=1S/C9H11Br3O/c10-9(11,12)8(5-13)4-6-1-2-7(8)3-6/h1-2,6-7,13H,3-5H2. The molecule has 1 fully saturated rings. The summed E-state index contributed by atoms with van der Waals surface area (Å²) in [6.45, 7) is 0.209. The molecule has 13 heavy (non-hydrogen) atoms. The van der Waals surface area contributed by atoms with Gasteiger partial charge in [0, 0.05) is 5.41 Å². The molecule has 0 aromatic carbocycles. The lowest BCUT2D eigenvalue weighted by Crippen LogP contribution is -2.41. The topological polar surface area (TPSA) is 20.2 Å². The van der Waals surface area contributed by atoms with E-state index in [1.165, 1.54) is 6.42 Å². The van der Waals surface area contributed by atoms with Gasteiger partial charge in [0.05, 0.1) is 6.61 Å². The molecule has 3 unspecified atom stereocenters. The quantitative estimate of drug-likeness (QED) is 0.551. The number of aliphatic hydroxyl groups excluding tert-OH is 1. The van der Waals surface area contributed by atoms with Crippen molar-refractivity contribution in [2.24, 2.45) is 17.3 Å². The Morgan fingerprint density at radius 3 is 2.31 bits per heavy atom. The summed E-state index contributed by atoms with van der Waals surface area (Å²) in [6.07, 6.45) is 6.75. The van der Waals surface area contributed by atoms with Crippen molar-refractivity contribution in [3.05, 3.63) is 12.2 Å². The Bertz CT molecular complexity index is 246. The van der Waals surface area contributed by atoms with Gasteiger partial charge in [0.25, 0.3) is 0 Å². The molecule has 0 saturated heterocycles. The summed E-state index contributed by atoms with van der Waals surface area (Å²) in [7, 11) is 0. The van der Waals surface area contributed by atoms with E-state index in [1.807, 2.05) is 0 Å². The molecule has 0 aromatic heterocycles. The van der Waals surface area contributed by atoms with Crippen LogP contribution in [0.4, 0.5) is 0 Å². The molecule has 1 nitrogen and oxygen atoms in total. The van der Waals surface area contributed by atoms with Crippen LogP contribution in [0.3, 0.4) is 0 Å². The molecule has 4 heteroatoms. The highest BCUT2D eigenvalue weighted by Crippen LogP contribution is 2.64. The van der Waals surface area contributed by atoms with Crippen LogP contribution in [-0.2, 0) is 0 Å². The van der Waals surface area contributed by atoms with Crippen LogP contribution < -0.4 is 0 Å². The summed E-state index contributed by atoms with van der Waals surface area (Å²) < 4.78 is -0.334. The van der Waals surface area contributed by atoms with E-state index in [4.69, 9.17) is 0 Å². The van der Waals surface area contributed by atoms with Crippen molar-refractivity contribution < 1.29 is 5.11 Å². The predicted molar refractivity (Wildman–Crippen MR) is 64.4 cm³/mol. The van der Waals surface area contributed by atoms with E-state index >= 15 is 0 Å². The van der Waals surface area contributed by atoms with Gasteiger partial charge in [0.15, 0.2) is 0 Å². The van der Waals surface area contributed by atoms with Crippen LogP contribution in [0.25, 0.3) is 0 Å². The van der Waals surface area contributed by atoms with Gasteiger partial charge in [-0.25, -0.2) is 0 Å². The summed E-state index contributed by atoms with van der Waals surface area (Å²) in [6, 6.07) is 0. The van der Waals surface area contributed by atoms with E-state index in [0.29, 0.717) is 11.8 Å². The summed E-state index contributed by atoms with van der Waals surface area (Å²) in [5, 5.41) is 9.55. The zero-order valence-electron chi connectivity index (χ0n) is 7.01. The van der Waals surface area contributed by atoms with E-state index in [-0.39, 0.29) is 14.2 Å². The van der Waals surface area contributed by atoms with Crippen LogP contribution in [-0.4, -0.2) is 13.9 Å². The van der Waals surface area contributed by atoms with Crippen molar-refractivity contribution in [3.63, 3.8) is 0 Å². The molecule has 0 amide bonds. The Hall–Kier alpha value is 1.14. The van der Waals surface area contributed by atoms with Gasteiger partial charge >= 0.3 is 0 Å². The Kier molecular flexibility index (Phi) is 2.72. The van der Waals surface area contributed by atoms with Crippen molar-refractivity contribution in [3.8, 4) is 0 Å². The highest BCUT2D eigenvalue weighted by Gasteiger charge is 2.57. The van der Waals surface area contributed by atoms with Crippen molar-refractivity contribution in [1.29, 1.82) is 0 Å². The van der Waals surface area contributed by atoms with E-state index in [0.717, 1.165) is 6.42 Å². The monoisotopic (exact) mass is 372 g/mol. The largest absolute Gasteiger partial charge is 0.396 e. The third-order valence-corrected chi connectivity index (χ3v) is 5.72. The van der Waals surface area contributed by atoms with Gasteiger partial charge in [-0.1, -0.05) is 59.9 Å². The summed E-state index contributed by atoms with van der Waals surface area (Å²) >= 11 is 10.7. The minimum Gasteiger partial charge on any atom is -0.396 e. The molecule has 0 spiro atoms. The lowest BCUT2D eigenvalue weighted by molar-refractivity contribution is 0.111. The zero-order chi connectivity index (χ0) is 9.69. The number of aliphatic hydroxyl groups is 1. The Morgan fingerprint density at radius 2 is 2.08 bits per heavy atom. The Labute approximate surface area is 103 Å². The molecular formula is C9H11Br3O. The van der Waals surface area contributed by atoms with Gasteiger partial charge < -0.3 is 5.11 Å². The number of allylic oxidation sites excluding steroid dienone is 2. The average Bonchev–Trinajstić information content (AvgIpc) is 2.60. The fourth-order valence-electron chi connectivity index (χ4n) is 2.55. The van der Waals surface area contributed by atoms with Crippen LogP contribution in [0.15, 0.2) is 12.2 Å². The number of fused-ring (bicyclic) bond motifs is 2. The Balaban J connectivity index is 2.33. The van der Waals surface area contributed by atoms with Crippen LogP contribution in [0.1, 0.15) is 12.8 Å². The lowest BCUT2D eigenvalue weighted by atomic mass is 9.78. The SMILES string of the molecule is OCC1(C(Br)(Br)Br)CC2C=CC1C2. The van der Waals surface area contributed by atoms with E-state index in [1.54, 1.807) is 0 Å². The van der Waals surface area contributed by atoms with Gasteiger partial charge in [-0.3, -0.25) is 0 Å². The maximum Gasteiger partial charge on any atom is 0.143 e. The molecule has 0 aliphatic heterocycles. The molecule has 74 valence electrons. The number of rotatable bonds is 1. The van der Waals surface area contributed by atoms with E-state index in [9.17, 15) is 5.11 Å². The second kappa shape index (κ2) is 3.32. The third-order valence-electron chi connectivity index (χ3n) is 3.36. The minimum absolute atomic E-state index is 0.0909. The number of halogens is 3. The number of alkyl halides is 3. The molecule has 2 aliphatic rings. The Morgan fingerprint density at radius 1 is 1.38 bits per heavy atom. The van der Waals surface area contributed by atoms with Gasteiger partial charge in [-0.15, -0.1) is 0 Å². The van der Waals surface area contributed by atoms with Crippen LogP contribution in [0.2, 0.25) is 0 Å². The average molecular weight is 375 g/mol. The first-order chi connectivity index (χ1) is 5.99. The number of hydrogen-bond donors (Lipinski definition) is 1. The van der Waals surface area contributed by atoms with Crippen LogP contribution in [0.5, 0.6) is 0 Å². The van der Waals surface area contributed by atoms with Crippen LogP contribution >= 0.6 is 47.8 Å². The van der Waals surface area contributed by atoms with E-state index < -0.39 is 0 Å². The molecule has 0 heterocycles. The predicted octanol–water partition coefficient (Wildman–Crippen LogP) is 3.40. The van der Waals surface area contributed by atoms with Gasteiger partial charge in [-0.2, -0.15) is 0 Å². The van der Waals surface area contributed by atoms with Gasteiger partial charge in [0.1, 0.15) is 2.14 Å². The molecule has 0 radical (unpaired) electrons. The molecule has 3 atom stereocenters. The molecule has 2 aliphatic carbocycles. The minimum atomic E-state index is -0.334. The van der Waals surface area contributed by atoms with Crippen molar-refractivity contribution >= 4 is 47.8 Å². The summed E-state index contributed by atoms with van der Waals surface area (Å²) in [4.78, 5) is 0. The zero-order valence-corrected chi connectivity index (χ0v) is 11.8. The molecular weight excluding hydrogens is 364 g/mol. The van der Waals surface area contributed by atoms with Crippen molar-refractivity contribution in [1.82, 2.24) is 0 Å². The molecule has 1 saturated carbocycles. The fourth-order valence-corrected chi connectivity index (χ4v) is 4.30. The fraction of sp³-hybridized carbons (Fsp3) is 0.778. The van der Waals surface area contributed by atoms with Crippen molar-refractivity contribution in [2.75, 3.05) is 6.61 Å². The van der Waals surface area contributed by atoms with Gasteiger partial charge in [-0.05, 0) is 24.7 Å². The second-order valence-corrected chi connectivity index (χ2v) is 10.8. The van der Waals surface area contributed by atoms with Crippen LogP contribution in [0, 0.1) is 17.3 Å². The molecule has 1 N–H and O–H groups in total. The molecule has 2 rings (SSSR count). The third kappa shape index (κ3) is 1.48.